The van der Waals surface area contributed by atoms with Crippen LogP contribution in [0.2, 0.25) is 0 Å². The van der Waals surface area contributed by atoms with Crippen molar-refractivity contribution in [2.75, 3.05) is 4.90 Å². The third-order valence-corrected chi connectivity index (χ3v) is 7.18. The number of hydrogen-bond donors (Lipinski definition) is 0. The fraction of sp³-hybridized carbons (Fsp3) is 0.357. The fourth-order valence-electron chi connectivity index (χ4n) is 5.51. The van der Waals surface area contributed by atoms with Crippen LogP contribution in [0.1, 0.15) is 62.2 Å². The van der Waals surface area contributed by atoms with Gasteiger partial charge < -0.3 is 9.64 Å². The summed E-state index contributed by atoms with van der Waals surface area (Å²) >= 11 is 0. The Hall–Kier alpha value is -3.74. The number of aromatic nitrogens is 5. The molecule has 7 heteroatoms. The number of nitrogens with zero attached hydrogens (tertiary/aromatic N) is 6. The van der Waals surface area contributed by atoms with E-state index in [0.29, 0.717) is 12.6 Å². The quantitative estimate of drug-likeness (QED) is 0.356. The highest BCUT2D eigenvalue weighted by atomic mass is 16.5. The van der Waals surface area contributed by atoms with E-state index in [2.05, 4.69) is 51.7 Å². The van der Waals surface area contributed by atoms with Crippen LogP contribution < -0.4 is 9.64 Å². The van der Waals surface area contributed by atoms with Gasteiger partial charge in [0.05, 0.1) is 11.7 Å². The molecule has 6 rings (SSSR count). The maximum absolute atomic E-state index is 6.08. The van der Waals surface area contributed by atoms with Crippen LogP contribution >= 0.6 is 0 Å². The first kappa shape index (κ1) is 21.8. The SMILES string of the molecule is CC[C@@H]1c2nncn2-c2c(C)nc(-c3cccc(OCc4ccccc4)c3)nc2N1C1CCCC1. The van der Waals surface area contributed by atoms with Gasteiger partial charge in [0.2, 0.25) is 0 Å². The maximum atomic E-state index is 6.08. The molecule has 2 aromatic carbocycles. The molecular formula is C28H30N6O. The van der Waals surface area contributed by atoms with Gasteiger partial charge in [-0.05, 0) is 43.9 Å². The third kappa shape index (κ3) is 3.95. The van der Waals surface area contributed by atoms with Crippen LogP contribution in [0.25, 0.3) is 17.1 Å². The Morgan fingerprint density at radius 2 is 1.83 bits per heavy atom. The lowest BCUT2D eigenvalue weighted by Crippen LogP contribution is -2.42. The smallest absolute Gasteiger partial charge is 0.162 e. The van der Waals surface area contributed by atoms with Gasteiger partial charge in [0.25, 0.3) is 0 Å². The summed E-state index contributed by atoms with van der Waals surface area (Å²) in [5.74, 6) is 3.52. The molecule has 0 spiro atoms. The number of anilines is 1. The van der Waals surface area contributed by atoms with Crippen LogP contribution in [0.3, 0.4) is 0 Å². The summed E-state index contributed by atoms with van der Waals surface area (Å²) in [5.41, 5.74) is 4.03. The molecule has 3 heterocycles. The number of benzene rings is 2. The molecule has 1 saturated carbocycles. The van der Waals surface area contributed by atoms with E-state index in [-0.39, 0.29) is 6.04 Å². The highest BCUT2D eigenvalue weighted by Gasteiger charge is 2.39. The summed E-state index contributed by atoms with van der Waals surface area (Å²) in [5, 5.41) is 8.76. The van der Waals surface area contributed by atoms with Crippen LogP contribution in [-0.4, -0.2) is 30.8 Å². The second kappa shape index (κ2) is 9.13. The second-order valence-corrected chi connectivity index (χ2v) is 9.44. The van der Waals surface area contributed by atoms with Crippen molar-refractivity contribution in [2.45, 2.75) is 64.6 Å². The Morgan fingerprint density at radius 3 is 2.63 bits per heavy atom. The Bertz CT molecular complexity index is 1330. The van der Waals surface area contributed by atoms with E-state index in [0.717, 1.165) is 52.1 Å². The summed E-state index contributed by atoms with van der Waals surface area (Å²) in [7, 11) is 0. The molecule has 0 saturated heterocycles. The zero-order valence-corrected chi connectivity index (χ0v) is 20.3. The summed E-state index contributed by atoms with van der Waals surface area (Å²) in [6.07, 6.45) is 7.65. The lowest BCUT2D eigenvalue weighted by molar-refractivity contribution is 0.306. The van der Waals surface area contributed by atoms with Crippen molar-refractivity contribution >= 4 is 5.82 Å². The average Bonchev–Trinajstić information content (AvgIpc) is 3.60. The lowest BCUT2D eigenvalue weighted by atomic mass is 10.0. The first-order valence-corrected chi connectivity index (χ1v) is 12.6. The van der Waals surface area contributed by atoms with Crippen LogP contribution in [-0.2, 0) is 6.61 Å². The minimum absolute atomic E-state index is 0.163. The van der Waals surface area contributed by atoms with Gasteiger partial charge in [-0.25, -0.2) is 9.97 Å². The van der Waals surface area contributed by atoms with Gasteiger partial charge in [0, 0.05) is 11.6 Å². The molecule has 0 N–H and O–H groups in total. The minimum Gasteiger partial charge on any atom is -0.489 e. The first-order chi connectivity index (χ1) is 17.2. The molecule has 1 fully saturated rings. The number of aryl methyl sites for hydroxylation is 1. The maximum Gasteiger partial charge on any atom is 0.162 e. The predicted octanol–water partition coefficient (Wildman–Crippen LogP) is 5.83. The van der Waals surface area contributed by atoms with E-state index in [1.807, 2.05) is 36.4 Å². The van der Waals surface area contributed by atoms with Crippen molar-refractivity contribution in [2.24, 2.45) is 0 Å². The molecular weight excluding hydrogens is 436 g/mol. The average molecular weight is 467 g/mol. The van der Waals surface area contributed by atoms with E-state index in [9.17, 15) is 0 Å². The minimum atomic E-state index is 0.163. The Balaban J connectivity index is 1.40. The summed E-state index contributed by atoms with van der Waals surface area (Å²) < 4.78 is 8.17. The Kier molecular flexibility index (Phi) is 5.68. The monoisotopic (exact) mass is 466 g/mol. The molecule has 1 aliphatic carbocycles. The predicted molar refractivity (Wildman–Crippen MR) is 136 cm³/mol. The van der Waals surface area contributed by atoms with Crippen molar-refractivity contribution in [1.29, 1.82) is 0 Å². The Labute approximate surface area is 205 Å². The van der Waals surface area contributed by atoms with Crippen LogP contribution in [0.15, 0.2) is 60.9 Å². The third-order valence-electron chi connectivity index (χ3n) is 7.18. The molecule has 4 aromatic rings. The molecule has 0 radical (unpaired) electrons. The lowest BCUT2D eigenvalue weighted by Gasteiger charge is -2.41. The Morgan fingerprint density at radius 1 is 1.00 bits per heavy atom. The molecule has 0 amide bonds. The van der Waals surface area contributed by atoms with Gasteiger partial charge >= 0.3 is 0 Å². The second-order valence-electron chi connectivity index (χ2n) is 9.44. The molecule has 1 atom stereocenters. The van der Waals surface area contributed by atoms with Gasteiger partial charge in [-0.3, -0.25) is 4.57 Å². The van der Waals surface area contributed by atoms with Gasteiger partial charge in [-0.15, -0.1) is 10.2 Å². The highest BCUT2D eigenvalue weighted by Crippen LogP contribution is 2.44. The van der Waals surface area contributed by atoms with E-state index in [4.69, 9.17) is 14.7 Å². The summed E-state index contributed by atoms with van der Waals surface area (Å²) in [6, 6.07) is 18.9. The summed E-state index contributed by atoms with van der Waals surface area (Å²) in [6.45, 7) is 4.81. The molecule has 0 unspecified atom stereocenters. The van der Waals surface area contributed by atoms with E-state index >= 15 is 0 Å². The number of rotatable bonds is 6. The highest BCUT2D eigenvalue weighted by molar-refractivity contribution is 5.69. The largest absolute Gasteiger partial charge is 0.489 e. The zero-order chi connectivity index (χ0) is 23.8. The van der Waals surface area contributed by atoms with Crippen molar-refractivity contribution < 1.29 is 4.74 Å². The molecule has 35 heavy (non-hydrogen) atoms. The van der Waals surface area contributed by atoms with Crippen molar-refractivity contribution in [3.63, 3.8) is 0 Å². The van der Waals surface area contributed by atoms with Crippen molar-refractivity contribution in [3.05, 3.63) is 78.0 Å². The van der Waals surface area contributed by atoms with Gasteiger partial charge in [0.1, 0.15) is 24.4 Å². The van der Waals surface area contributed by atoms with Crippen molar-refractivity contribution in [3.8, 4) is 22.8 Å². The van der Waals surface area contributed by atoms with Crippen LogP contribution in [0.4, 0.5) is 5.82 Å². The molecule has 2 aliphatic rings. The van der Waals surface area contributed by atoms with Gasteiger partial charge in [0.15, 0.2) is 17.5 Å². The normalized spacial score (nSPS) is 17.3. The van der Waals surface area contributed by atoms with E-state index in [1.54, 1.807) is 6.33 Å². The van der Waals surface area contributed by atoms with E-state index in [1.165, 1.54) is 25.7 Å². The van der Waals surface area contributed by atoms with E-state index < -0.39 is 0 Å². The molecule has 7 nitrogen and oxygen atoms in total. The summed E-state index contributed by atoms with van der Waals surface area (Å²) in [4.78, 5) is 12.6. The zero-order valence-electron chi connectivity index (χ0n) is 20.3. The number of fused-ring (bicyclic) bond motifs is 3. The standard InChI is InChI=1S/C28H30N6O/c1-3-24-27-32-29-18-33(27)25-19(2)30-26(31-28(25)34(24)22-13-7-8-14-22)21-12-9-15-23(16-21)35-17-20-10-5-4-6-11-20/h4-6,9-12,15-16,18,22,24H,3,7-8,13-14,17H2,1-2H3/t24-/m1/s1. The number of ether oxygens (including phenoxy) is 1. The molecule has 178 valence electrons. The molecule has 2 aromatic heterocycles. The van der Waals surface area contributed by atoms with Crippen LogP contribution in [0.5, 0.6) is 5.75 Å². The molecule has 1 aliphatic heterocycles. The van der Waals surface area contributed by atoms with Crippen LogP contribution in [0, 0.1) is 6.92 Å². The number of hydrogen-bond acceptors (Lipinski definition) is 6. The fourth-order valence-corrected chi connectivity index (χ4v) is 5.51. The van der Waals surface area contributed by atoms with Gasteiger partial charge in [-0.1, -0.05) is 62.2 Å². The van der Waals surface area contributed by atoms with Gasteiger partial charge in [-0.2, -0.15) is 0 Å². The first-order valence-electron chi connectivity index (χ1n) is 12.6. The topological polar surface area (TPSA) is 69.0 Å². The molecule has 0 bridgehead atoms. The van der Waals surface area contributed by atoms with Crippen molar-refractivity contribution in [1.82, 2.24) is 24.7 Å².